The van der Waals surface area contributed by atoms with Gasteiger partial charge in [-0.2, -0.15) is 0 Å². The molecule has 3 aromatic rings. The number of hydrogen-bond donors (Lipinski definition) is 2. The third-order valence-electron chi connectivity index (χ3n) is 5.87. The Bertz CT molecular complexity index is 1050. The molecule has 2 N–H and O–H groups in total. The first kappa shape index (κ1) is 21.6. The van der Waals surface area contributed by atoms with Gasteiger partial charge in [0, 0.05) is 6.42 Å². The zero-order valence-corrected chi connectivity index (χ0v) is 18.0. The summed E-state index contributed by atoms with van der Waals surface area (Å²) < 4.78 is 0. The number of hydrogen-bond acceptors (Lipinski definition) is 2. The van der Waals surface area contributed by atoms with Crippen molar-refractivity contribution in [3.05, 3.63) is 120 Å². The second kappa shape index (κ2) is 10.6. The summed E-state index contributed by atoms with van der Waals surface area (Å²) in [6, 6.07) is 29.2. The number of carbonyl (C=O) groups is 2. The van der Waals surface area contributed by atoms with Gasteiger partial charge in [-0.05, 0) is 29.5 Å². The maximum atomic E-state index is 13.4. The maximum Gasteiger partial charge on any atom is 0.228 e. The van der Waals surface area contributed by atoms with Crippen LogP contribution in [0.15, 0.2) is 103 Å². The second-order valence-corrected chi connectivity index (χ2v) is 8.11. The van der Waals surface area contributed by atoms with E-state index >= 15 is 0 Å². The first-order valence-electron chi connectivity index (χ1n) is 11.1. The molecule has 1 aliphatic rings. The minimum Gasteiger partial charge on any atom is -0.349 e. The van der Waals surface area contributed by atoms with Gasteiger partial charge in [0.1, 0.15) is 0 Å². The Morgan fingerprint density at radius 2 is 1.00 bits per heavy atom. The second-order valence-electron chi connectivity index (χ2n) is 8.11. The van der Waals surface area contributed by atoms with Crippen LogP contribution in [0.2, 0.25) is 0 Å². The smallest absolute Gasteiger partial charge is 0.228 e. The van der Waals surface area contributed by atoms with E-state index in [2.05, 4.69) is 22.8 Å². The zero-order chi connectivity index (χ0) is 22.2. The minimum absolute atomic E-state index is 0.102. The monoisotopic (exact) mass is 424 g/mol. The Balaban J connectivity index is 1.67. The third-order valence-corrected chi connectivity index (χ3v) is 5.87. The van der Waals surface area contributed by atoms with E-state index in [-0.39, 0.29) is 30.3 Å². The van der Waals surface area contributed by atoms with Crippen LogP contribution < -0.4 is 10.6 Å². The van der Waals surface area contributed by atoms with Crippen molar-refractivity contribution in [1.29, 1.82) is 0 Å². The highest BCUT2D eigenvalue weighted by Crippen LogP contribution is 2.26. The molecule has 162 valence electrons. The van der Waals surface area contributed by atoms with Crippen LogP contribution in [-0.4, -0.2) is 11.8 Å². The highest BCUT2D eigenvalue weighted by atomic mass is 16.2. The van der Waals surface area contributed by atoms with E-state index in [0.29, 0.717) is 12.8 Å². The molecule has 0 saturated carbocycles. The number of amides is 2. The number of nitrogens with one attached hydrogen (secondary N) is 2. The van der Waals surface area contributed by atoms with Crippen LogP contribution in [0.4, 0.5) is 0 Å². The summed E-state index contributed by atoms with van der Waals surface area (Å²) in [7, 11) is 0. The summed E-state index contributed by atoms with van der Waals surface area (Å²) >= 11 is 0. The van der Waals surface area contributed by atoms with E-state index < -0.39 is 5.92 Å². The lowest BCUT2D eigenvalue weighted by Crippen LogP contribution is -2.37. The number of carbonyl (C=O) groups excluding carboxylic acids is 2. The van der Waals surface area contributed by atoms with E-state index in [1.54, 1.807) is 0 Å². The molecule has 4 nitrogen and oxygen atoms in total. The lowest BCUT2D eigenvalue weighted by molar-refractivity contribution is -0.128. The number of rotatable bonds is 3. The summed E-state index contributed by atoms with van der Waals surface area (Å²) in [6.07, 6.45) is 5.67. The predicted octanol–water partition coefficient (Wildman–Crippen LogP) is 5.23. The Morgan fingerprint density at radius 1 is 0.562 bits per heavy atom. The summed E-state index contributed by atoms with van der Waals surface area (Å²) in [4.78, 5) is 26.4. The van der Waals surface area contributed by atoms with Crippen molar-refractivity contribution >= 4 is 11.8 Å². The Hall–Kier alpha value is -3.66. The molecular weight excluding hydrogens is 396 g/mol. The van der Waals surface area contributed by atoms with Crippen LogP contribution >= 0.6 is 0 Å². The SMILES string of the molecule is O=C1C[C@H](c2ccccc2)C(=O)N[C@H](c2ccccc2)C/C=C\C[C@@H](c2ccccc2)N1. The maximum absolute atomic E-state index is 13.4. The molecule has 0 aromatic heterocycles. The molecule has 0 radical (unpaired) electrons. The lowest BCUT2D eigenvalue weighted by Gasteiger charge is -2.25. The molecular formula is C28H28N2O2. The molecule has 0 bridgehead atoms. The largest absolute Gasteiger partial charge is 0.349 e. The Labute approximate surface area is 189 Å². The predicted molar refractivity (Wildman–Crippen MR) is 127 cm³/mol. The molecule has 1 heterocycles. The zero-order valence-electron chi connectivity index (χ0n) is 18.0. The van der Waals surface area contributed by atoms with Gasteiger partial charge in [0.25, 0.3) is 0 Å². The molecule has 1 aliphatic heterocycles. The van der Waals surface area contributed by atoms with Crippen LogP contribution in [0.25, 0.3) is 0 Å². The molecule has 0 unspecified atom stereocenters. The van der Waals surface area contributed by atoms with E-state index in [1.165, 1.54) is 0 Å². The van der Waals surface area contributed by atoms with Gasteiger partial charge in [0.05, 0.1) is 18.0 Å². The molecule has 3 aromatic carbocycles. The fraction of sp³-hybridized carbons (Fsp3) is 0.214. The van der Waals surface area contributed by atoms with Gasteiger partial charge in [-0.3, -0.25) is 9.59 Å². The van der Waals surface area contributed by atoms with Gasteiger partial charge >= 0.3 is 0 Å². The van der Waals surface area contributed by atoms with Gasteiger partial charge in [-0.25, -0.2) is 0 Å². The van der Waals surface area contributed by atoms with Crippen molar-refractivity contribution in [2.75, 3.05) is 0 Å². The first-order chi connectivity index (χ1) is 15.7. The Kier molecular flexibility index (Phi) is 7.13. The van der Waals surface area contributed by atoms with Crippen LogP contribution in [0, 0.1) is 0 Å². The van der Waals surface area contributed by atoms with E-state index in [4.69, 9.17) is 0 Å². The topological polar surface area (TPSA) is 58.2 Å². The average Bonchev–Trinajstić information content (AvgIpc) is 2.84. The summed E-state index contributed by atoms with van der Waals surface area (Å²) in [5.41, 5.74) is 2.96. The van der Waals surface area contributed by atoms with Crippen molar-refractivity contribution in [2.24, 2.45) is 0 Å². The lowest BCUT2D eigenvalue weighted by atomic mass is 9.92. The van der Waals surface area contributed by atoms with E-state index in [0.717, 1.165) is 16.7 Å². The molecule has 4 rings (SSSR count). The van der Waals surface area contributed by atoms with Crippen LogP contribution in [0.3, 0.4) is 0 Å². The standard InChI is InChI=1S/C28H28N2O2/c31-27-20-24(21-12-4-1-5-13-21)28(32)30-26(23-16-8-3-9-17-23)19-11-10-18-25(29-27)22-14-6-2-7-15-22/h1-17,24-26H,18-20H2,(H,29,31)(H,30,32)/b11-10-/t24-,25+,26+/m1/s1. The fourth-order valence-corrected chi connectivity index (χ4v) is 4.15. The molecule has 0 spiro atoms. The van der Waals surface area contributed by atoms with Crippen LogP contribution in [0.1, 0.15) is 54.0 Å². The molecule has 2 amide bonds. The normalized spacial score (nSPS) is 23.2. The van der Waals surface area contributed by atoms with Gasteiger partial charge in [0.2, 0.25) is 11.8 Å². The molecule has 0 saturated heterocycles. The van der Waals surface area contributed by atoms with E-state index in [9.17, 15) is 9.59 Å². The molecule has 0 fully saturated rings. The van der Waals surface area contributed by atoms with Gasteiger partial charge in [0.15, 0.2) is 0 Å². The van der Waals surface area contributed by atoms with Gasteiger partial charge in [-0.15, -0.1) is 0 Å². The number of benzene rings is 3. The van der Waals surface area contributed by atoms with Crippen LogP contribution in [-0.2, 0) is 9.59 Å². The van der Waals surface area contributed by atoms with Crippen molar-refractivity contribution in [1.82, 2.24) is 10.6 Å². The van der Waals surface area contributed by atoms with Crippen molar-refractivity contribution in [3.8, 4) is 0 Å². The fourth-order valence-electron chi connectivity index (χ4n) is 4.15. The van der Waals surface area contributed by atoms with Crippen LogP contribution in [0.5, 0.6) is 0 Å². The minimum atomic E-state index is -0.553. The molecule has 0 aliphatic carbocycles. The van der Waals surface area contributed by atoms with Gasteiger partial charge < -0.3 is 10.6 Å². The summed E-state index contributed by atoms with van der Waals surface area (Å²) in [5.74, 6) is -0.819. The Morgan fingerprint density at radius 3 is 1.50 bits per heavy atom. The average molecular weight is 425 g/mol. The quantitative estimate of drug-likeness (QED) is 0.566. The summed E-state index contributed by atoms with van der Waals surface area (Å²) in [6.45, 7) is 0. The highest BCUT2D eigenvalue weighted by Gasteiger charge is 2.27. The highest BCUT2D eigenvalue weighted by molar-refractivity contribution is 5.90. The van der Waals surface area contributed by atoms with Crippen molar-refractivity contribution in [3.63, 3.8) is 0 Å². The molecule has 32 heavy (non-hydrogen) atoms. The van der Waals surface area contributed by atoms with Crippen molar-refractivity contribution < 1.29 is 9.59 Å². The molecule has 3 atom stereocenters. The van der Waals surface area contributed by atoms with E-state index in [1.807, 2.05) is 91.0 Å². The molecule has 4 heteroatoms. The third kappa shape index (κ3) is 5.52. The first-order valence-corrected chi connectivity index (χ1v) is 11.1. The van der Waals surface area contributed by atoms with Gasteiger partial charge in [-0.1, -0.05) is 103 Å². The summed E-state index contributed by atoms with van der Waals surface area (Å²) in [5, 5.41) is 6.34. The van der Waals surface area contributed by atoms with Crippen molar-refractivity contribution in [2.45, 2.75) is 37.3 Å².